The summed E-state index contributed by atoms with van der Waals surface area (Å²) in [6.07, 6.45) is 9.18. The summed E-state index contributed by atoms with van der Waals surface area (Å²) < 4.78 is 1.97. The van der Waals surface area contributed by atoms with Crippen LogP contribution < -0.4 is 4.90 Å². The molecule has 1 saturated carbocycles. The lowest BCUT2D eigenvalue weighted by atomic mass is 10.2. The molecule has 0 spiro atoms. The van der Waals surface area contributed by atoms with Crippen LogP contribution in [-0.4, -0.2) is 49.8 Å². The maximum Gasteiger partial charge on any atom is 0.132 e. The second-order valence-corrected chi connectivity index (χ2v) is 6.33. The largest absolute Gasteiger partial charge is 0.349 e. The maximum absolute atomic E-state index is 4.48. The predicted molar refractivity (Wildman–Crippen MR) is 84.4 cm³/mol. The number of hydrogen-bond acceptors (Lipinski definition) is 5. The molecule has 0 aromatic carbocycles. The Kier molecular flexibility index (Phi) is 3.54. The summed E-state index contributed by atoms with van der Waals surface area (Å²) in [6.45, 7) is 3.23. The number of aryl methyl sites for hydroxylation is 1. The quantitative estimate of drug-likeness (QED) is 0.836. The highest BCUT2D eigenvalue weighted by Gasteiger charge is 2.38. The van der Waals surface area contributed by atoms with Gasteiger partial charge >= 0.3 is 0 Å². The number of rotatable bonds is 5. The normalized spacial score (nSPS) is 22.1. The summed E-state index contributed by atoms with van der Waals surface area (Å²) in [5, 5.41) is 4.26. The molecule has 4 rings (SSSR count). The summed E-state index contributed by atoms with van der Waals surface area (Å²) in [6, 6.07) is 5.39. The number of nitrogens with zero attached hydrogens (tertiary/aromatic N) is 6. The van der Waals surface area contributed by atoms with Crippen LogP contribution in [0.3, 0.4) is 0 Å². The van der Waals surface area contributed by atoms with Crippen LogP contribution >= 0.6 is 0 Å². The van der Waals surface area contributed by atoms with E-state index in [1.54, 1.807) is 6.33 Å². The van der Waals surface area contributed by atoms with Crippen molar-refractivity contribution in [1.82, 2.24) is 24.6 Å². The fourth-order valence-electron chi connectivity index (χ4n) is 3.43. The van der Waals surface area contributed by atoms with Gasteiger partial charge < -0.3 is 4.90 Å². The maximum atomic E-state index is 4.48. The molecule has 6 nitrogen and oxygen atoms in total. The van der Waals surface area contributed by atoms with E-state index in [2.05, 4.69) is 30.9 Å². The third-order valence-corrected chi connectivity index (χ3v) is 4.72. The van der Waals surface area contributed by atoms with Gasteiger partial charge in [0.1, 0.15) is 12.1 Å². The molecule has 2 aromatic heterocycles. The predicted octanol–water partition coefficient (Wildman–Crippen LogP) is 1.45. The first kappa shape index (κ1) is 13.7. The van der Waals surface area contributed by atoms with Crippen LogP contribution in [0, 0.1) is 0 Å². The zero-order chi connectivity index (χ0) is 14.9. The highest BCUT2D eigenvalue weighted by molar-refractivity contribution is 5.42. The van der Waals surface area contributed by atoms with E-state index in [1.807, 2.05) is 30.2 Å². The minimum atomic E-state index is 0.565. The van der Waals surface area contributed by atoms with E-state index in [0.29, 0.717) is 12.1 Å². The molecule has 0 bridgehead atoms. The molecule has 116 valence electrons. The van der Waals surface area contributed by atoms with Gasteiger partial charge in [-0.3, -0.25) is 9.58 Å². The second kappa shape index (κ2) is 5.68. The number of likely N-dealkylation sites (tertiary alicyclic amines) is 1. The lowest BCUT2D eigenvalue weighted by Gasteiger charge is -2.30. The Labute approximate surface area is 130 Å². The van der Waals surface area contributed by atoms with Gasteiger partial charge in [-0.05, 0) is 31.4 Å². The van der Waals surface area contributed by atoms with E-state index in [9.17, 15) is 0 Å². The van der Waals surface area contributed by atoms with E-state index in [4.69, 9.17) is 0 Å². The number of aromatic nitrogens is 4. The summed E-state index contributed by atoms with van der Waals surface area (Å²) in [4.78, 5) is 13.6. The van der Waals surface area contributed by atoms with Crippen LogP contribution in [0.2, 0.25) is 0 Å². The summed E-state index contributed by atoms with van der Waals surface area (Å²) in [7, 11) is 2.01. The molecule has 1 atom stereocenters. The molecule has 6 heteroatoms. The minimum Gasteiger partial charge on any atom is -0.349 e. The van der Waals surface area contributed by atoms with E-state index >= 15 is 0 Å². The van der Waals surface area contributed by atoms with Gasteiger partial charge in [0.2, 0.25) is 0 Å². The number of hydrogen-bond donors (Lipinski definition) is 0. The highest BCUT2D eigenvalue weighted by atomic mass is 15.3. The van der Waals surface area contributed by atoms with Gasteiger partial charge in [-0.2, -0.15) is 5.10 Å². The van der Waals surface area contributed by atoms with Crippen molar-refractivity contribution in [2.24, 2.45) is 7.05 Å². The molecule has 2 fully saturated rings. The van der Waals surface area contributed by atoms with Gasteiger partial charge in [-0.15, -0.1) is 0 Å². The molecule has 1 aliphatic carbocycles. The standard InChI is InChI=1S/C16H22N6/c1-20-14(4-8-19-20)10-21-9-6-15(11-21)22(13-2-3-13)16-5-7-17-12-18-16/h4-5,7-8,12-13,15H,2-3,6,9-11H2,1H3. The Morgan fingerprint density at radius 2 is 2.09 bits per heavy atom. The third kappa shape index (κ3) is 2.70. The van der Waals surface area contributed by atoms with Gasteiger partial charge in [0.05, 0.1) is 5.69 Å². The fraction of sp³-hybridized carbons (Fsp3) is 0.562. The molecule has 0 radical (unpaired) electrons. The zero-order valence-corrected chi connectivity index (χ0v) is 13.0. The van der Waals surface area contributed by atoms with Crippen LogP contribution in [0.1, 0.15) is 25.0 Å². The van der Waals surface area contributed by atoms with Gasteiger partial charge in [0.25, 0.3) is 0 Å². The van der Waals surface area contributed by atoms with E-state index in [-0.39, 0.29) is 0 Å². The molecular weight excluding hydrogens is 276 g/mol. The average molecular weight is 298 g/mol. The monoisotopic (exact) mass is 298 g/mol. The van der Waals surface area contributed by atoms with E-state index < -0.39 is 0 Å². The smallest absolute Gasteiger partial charge is 0.132 e. The molecule has 1 unspecified atom stereocenters. The Morgan fingerprint density at radius 1 is 1.18 bits per heavy atom. The molecule has 2 aliphatic rings. The average Bonchev–Trinajstić information content (AvgIpc) is 3.13. The van der Waals surface area contributed by atoms with Gasteiger partial charge in [0, 0.05) is 51.2 Å². The molecule has 1 saturated heterocycles. The number of anilines is 1. The molecular formula is C16H22N6. The highest BCUT2D eigenvalue weighted by Crippen LogP contribution is 2.34. The first-order valence-corrected chi connectivity index (χ1v) is 8.05. The summed E-state index contributed by atoms with van der Waals surface area (Å²) >= 11 is 0. The van der Waals surface area contributed by atoms with Crippen LogP contribution in [0.5, 0.6) is 0 Å². The summed E-state index contributed by atoms with van der Waals surface area (Å²) in [5.41, 5.74) is 1.28. The lowest BCUT2D eigenvalue weighted by Crippen LogP contribution is -2.40. The lowest BCUT2D eigenvalue weighted by molar-refractivity contribution is 0.315. The second-order valence-electron chi connectivity index (χ2n) is 6.33. The van der Waals surface area contributed by atoms with Gasteiger partial charge in [0.15, 0.2) is 0 Å². The molecule has 2 aromatic rings. The third-order valence-electron chi connectivity index (χ3n) is 4.72. The minimum absolute atomic E-state index is 0.565. The van der Waals surface area contributed by atoms with Crippen LogP contribution in [0.15, 0.2) is 30.9 Å². The van der Waals surface area contributed by atoms with Crippen LogP contribution in [-0.2, 0) is 13.6 Å². The Balaban J connectivity index is 1.45. The van der Waals surface area contributed by atoms with Crippen molar-refractivity contribution in [3.63, 3.8) is 0 Å². The van der Waals surface area contributed by atoms with Crippen molar-refractivity contribution in [2.75, 3.05) is 18.0 Å². The van der Waals surface area contributed by atoms with Crippen molar-refractivity contribution in [3.8, 4) is 0 Å². The molecule has 1 aliphatic heterocycles. The van der Waals surface area contributed by atoms with Crippen LogP contribution in [0.4, 0.5) is 5.82 Å². The van der Waals surface area contributed by atoms with Gasteiger partial charge in [-0.1, -0.05) is 0 Å². The van der Waals surface area contributed by atoms with Crippen molar-refractivity contribution in [3.05, 3.63) is 36.5 Å². The SMILES string of the molecule is Cn1nccc1CN1CCC(N(c2ccncn2)C2CC2)C1. The van der Waals surface area contributed by atoms with Gasteiger partial charge in [-0.25, -0.2) is 9.97 Å². The molecule has 22 heavy (non-hydrogen) atoms. The zero-order valence-electron chi connectivity index (χ0n) is 13.0. The van der Waals surface area contributed by atoms with E-state index in [0.717, 1.165) is 25.5 Å². The first-order chi connectivity index (χ1) is 10.8. The Morgan fingerprint density at radius 3 is 2.77 bits per heavy atom. The van der Waals surface area contributed by atoms with E-state index in [1.165, 1.54) is 25.0 Å². The topological polar surface area (TPSA) is 50.1 Å². The fourth-order valence-corrected chi connectivity index (χ4v) is 3.43. The molecule has 0 amide bonds. The molecule has 3 heterocycles. The summed E-state index contributed by atoms with van der Waals surface area (Å²) in [5.74, 6) is 1.09. The molecule has 0 N–H and O–H groups in total. The van der Waals surface area contributed by atoms with Crippen molar-refractivity contribution in [1.29, 1.82) is 0 Å². The Hall–Kier alpha value is -1.95. The van der Waals surface area contributed by atoms with Crippen LogP contribution in [0.25, 0.3) is 0 Å². The first-order valence-electron chi connectivity index (χ1n) is 8.05. The van der Waals surface area contributed by atoms with Crippen molar-refractivity contribution >= 4 is 5.82 Å². The Bertz CT molecular complexity index is 621. The van der Waals surface area contributed by atoms with Crippen molar-refractivity contribution in [2.45, 2.75) is 37.9 Å². The van der Waals surface area contributed by atoms with Crippen molar-refractivity contribution < 1.29 is 0 Å².